The van der Waals surface area contributed by atoms with Crippen molar-refractivity contribution in [3.05, 3.63) is 59.7 Å². The van der Waals surface area contributed by atoms with Crippen molar-refractivity contribution in [2.75, 3.05) is 17.2 Å². The number of anilines is 2. The van der Waals surface area contributed by atoms with Gasteiger partial charge in [0.2, 0.25) is 11.8 Å². The largest absolute Gasteiger partial charge is 0.371 e. The Hall–Kier alpha value is -2.82. The molecule has 2 rings (SSSR count). The maximum atomic E-state index is 12.6. The maximum absolute atomic E-state index is 12.6. The van der Waals surface area contributed by atoms with Crippen LogP contribution in [0.25, 0.3) is 0 Å². The second-order valence-corrected chi connectivity index (χ2v) is 6.77. The molecule has 5 heteroatoms. The van der Waals surface area contributed by atoms with E-state index in [1.165, 1.54) is 0 Å². The van der Waals surface area contributed by atoms with Crippen molar-refractivity contribution in [3.63, 3.8) is 0 Å². The first-order chi connectivity index (χ1) is 12.3. The molecule has 138 valence electrons. The number of hydrogen-bond acceptors (Lipinski definition) is 3. The van der Waals surface area contributed by atoms with E-state index in [9.17, 15) is 9.59 Å². The van der Waals surface area contributed by atoms with E-state index in [4.69, 9.17) is 0 Å². The summed E-state index contributed by atoms with van der Waals surface area (Å²) in [5.41, 5.74) is 3.08. The van der Waals surface area contributed by atoms with Gasteiger partial charge in [-0.1, -0.05) is 42.3 Å². The Morgan fingerprint density at radius 2 is 1.38 bits per heavy atom. The van der Waals surface area contributed by atoms with E-state index >= 15 is 0 Å². The fourth-order valence-electron chi connectivity index (χ4n) is 2.46. The van der Waals surface area contributed by atoms with E-state index in [2.05, 4.69) is 16.0 Å². The van der Waals surface area contributed by atoms with Crippen LogP contribution >= 0.6 is 0 Å². The Kier molecular flexibility index (Phi) is 6.39. The highest BCUT2D eigenvalue weighted by molar-refractivity contribution is 5.96. The van der Waals surface area contributed by atoms with Gasteiger partial charge in [0.25, 0.3) is 0 Å². The minimum absolute atomic E-state index is 0.0716. The third kappa shape index (κ3) is 5.34. The summed E-state index contributed by atoms with van der Waals surface area (Å²) in [7, 11) is 0. The van der Waals surface area contributed by atoms with Crippen LogP contribution in [0.2, 0.25) is 0 Å². The Balaban J connectivity index is 1.91. The van der Waals surface area contributed by atoms with Crippen molar-refractivity contribution in [3.8, 4) is 0 Å². The molecule has 5 nitrogen and oxygen atoms in total. The van der Waals surface area contributed by atoms with Crippen LogP contribution in [0, 0.1) is 13.8 Å². The van der Waals surface area contributed by atoms with E-state index in [0.717, 1.165) is 16.8 Å². The van der Waals surface area contributed by atoms with Crippen LogP contribution in [0.15, 0.2) is 48.5 Å². The molecule has 0 saturated carbocycles. The Labute approximate surface area is 155 Å². The molecule has 0 radical (unpaired) electrons. The average Bonchev–Trinajstić information content (AvgIpc) is 2.63. The van der Waals surface area contributed by atoms with Gasteiger partial charge in [0.05, 0.1) is 6.54 Å². The number of amides is 2. The van der Waals surface area contributed by atoms with Crippen molar-refractivity contribution in [2.24, 2.45) is 0 Å². The molecule has 0 heterocycles. The summed E-state index contributed by atoms with van der Waals surface area (Å²) >= 11 is 0. The Morgan fingerprint density at radius 3 is 1.88 bits per heavy atom. The fraction of sp³-hybridized carbons (Fsp3) is 0.333. The second-order valence-electron chi connectivity index (χ2n) is 6.77. The molecule has 1 atom stereocenters. The molecule has 0 bridgehead atoms. The SMILES string of the molecule is CCC(C)(Nc1ccc(C)cc1)C(=O)NCC(=O)Nc1ccc(C)cc1. The van der Waals surface area contributed by atoms with E-state index in [1.807, 2.05) is 76.2 Å². The standard InChI is InChI=1S/C21H27N3O2/c1-5-21(4,24-18-12-8-16(3)9-13-18)20(26)22-14-19(25)23-17-10-6-15(2)7-11-17/h6-13,24H,5,14H2,1-4H3,(H,22,26)(H,23,25). The number of rotatable bonds is 7. The lowest BCUT2D eigenvalue weighted by Gasteiger charge is -2.29. The summed E-state index contributed by atoms with van der Waals surface area (Å²) in [4.78, 5) is 24.7. The molecule has 0 saturated heterocycles. The van der Waals surface area contributed by atoms with Gasteiger partial charge in [0, 0.05) is 11.4 Å². The van der Waals surface area contributed by atoms with E-state index in [0.29, 0.717) is 12.1 Å². The van der Waals surface area contributed by atoms with Crippen molar-refractivity contribution in [1.82, 2.24) is 5.32 Å². The van der Waals surface area contributed by atoms with Crippen molar-refractivity contribution in [2.45, 2.75) is 39.7 Å². The molecule has 1 unspecified atom stereocenters. The maximum Gasteiger partial charge on any atom is 0.245 e. The quantitative estimate of drug-likeness (QED) is 0.712. The second kappa shape index (κ2) is 8.52. The highest BCUT2D eigenvalue weighted by atomic mass is 16.2. The zero-order valence-corrected chi connectivity index (χ0v) is 15.8. The number of aryl methyl sites for hydroxylation is 2. The summed E-state index contributed by atoms with van der Waals surface area (Å²) < 4.78 is 0. The molecule has 0 aromatic heterocycles. The lowest BCUT2D eigenvalue weighted by Crippen LogP contribution is -2.51. The normalized spacial score (nSPS) is 12.8. The van der Waals surface area contributed by atoms with Gasteiger partial charge >= 0.3 is 0 Å². The van der Waals surface area contributed by atoms with Crippen LogP contribution in [0.1, 0.15) is 31.4 Å². The van der Waals surface area contributed by atoms with Crippen molar-refractivity contribution >= 4 is 23.2 Å². The molecule has 2 aromatic rings. The molecule has 0 aliphatic carbocycles. The molecular weight excluding hydrogens is 326 g/mol. The predicted octanol–water partition coefficient (Wildman–Crippen LogP) is 3.64. The van der Waals surface area contributed by atoms with Gasteiger partial charge < -0.3 is 16.0 Å². The molecule has 3 N–H and O–H groups in total. The zero-order chi connectivity index (χ0) is 19.2. The molecule has 0 aliphatic rings. The summed E-state index contributed by atoms with van der Waals surface area (Å²) in [6.07, 6.45) is 0.590. The van der Waals surface area contributed by atoms with Crippen molar-refractivity contribution < 1.29 is 9.59 Å². The van der Waals surface area contributed by atoms with Gasteiger partial charge in [0.1, 0.15) is 5.54 Å². The molecule has 2 aromatic carbocycles. The lowest BCUT2D eigenvalue weighted by molar-refractivity contribution is -0.127. The van der Waals surface area contributed by atoms with Crippen molar-refractivity contribution in [1.29, 1.82) is 0 Å². The monoisotopic (exact) mass is 353 g/mol. The number of carbonyl (C=O) groups is 2. The minimum atomic E-state index is -0.792. The lowest BCUT2D eigenvalue weighted by atomic mass is 9.97. The first kappa shape index (κ1) is 19.5. The first-order valence-corrected chi connectivity index (χ1v) is 8.82. The smallest absolute Gasteiger partial charge is 0.245 e. The van der Waals surface area contributed by atoms with E-state index in [-0.39, 0.29) is 18.4 Å². The highest BCUT2D eigenvalue weighted by Crippen LogP contribution is 2.19. The molecule has 0 fully saturated rings. The minimum Gasteiger partial charge on any atom is -0.371 e. The average molecular weight is 353 g/mol. The summed E-state index contributed by atoms with van der Waals surface area (Å²) in [5, 5.41) is 8.77. The van der Waals surface area contributed by atoms with Gasteiger partial charge in [-0.2, -0.15) is 0 Å². The Bertz CT molecular complexity index is 754. The topological polar surface area (TPSA) is 70.2 Å². The van der Waals surface area contributed by atoms with Crippen LogP contribution in [0.5, 0.6) is 0 Å². The number of carbonyl (C=O) groups excluding carboxylic acids is 2. The Morgan fingerprint density at radius 1 is 0.885 bits per heavy atom. The molecule has 0 spiro atoms. The third-order valence-electron chi connectivity index (χ3n) is 4.42. The van der Waals surface area contributed by atoms with Gasteiger partial charge in [-0.15, -0.1) is 0 Å². The molecule has 26 heavy (non-hydrogen) atoms. The van der Waals surface area contributed by atoms with Gasteiger partial charge in [-0.25, -0.2) is 0 Å². The zero-order valence-electron chi connectivity index (χ0n) is 15.8. The van der Waals surface area contributed by atoms with Crippen LogP contribution in [0.4, 0.5) is 11.4 Å². The molecule has 2 amide bonds. The highest BCUT2D eigenvalue weighted by Gasteiger charge is 2.31. The predicted molar refractivity (Wildman–Crippen MR) is 106 cm³/mol. The number of hydrogen-bond donors (Lipinski definition) is 3. The summed E-state index contributed by atoms with van der Waals surface area (Å²) in [6, 6.07) is 15.4. The first-order valence-electron chi connectivity index (χ1n) is 8.82. The van der Waals surface area contributed by atoms with Crippen LogP contribution in [0.3, 0.4) is 0 Å². The van der Waals surface area contributed by atoms with Crippen LogP contribution in [-0.2, 0) is 9.59 Å². The summed E-state index contributed by atoms with van der Waals surface area (Å²) in [5.74, 6) is -0.462. The van der Waals surface area contributed by atoms with Gasteiger partial charge in [0.15, 0.2) is 0 Å². The summed E-state index contributed by atoms with van der Waals surface area (Å²) in [6.45, 7) is 7.70. The van der Waals surface area contributed by atoms with Gasteiger partial charge in [-0.3, -0.25) is 9.59 Å². The number of nitrogens with one attached hydrogen (secondary N) is 3. The molecule has 0 aliphatic heterocycles. The van der Waals surface area contributed by atoms with E-state index < -0.39 is 5.54 Å². The van der Waals surface area contributed by atoms with Crippen LogP contribution < -0.4 is 16.0 Å². The fourth-order valence-corrected chi connectivity index (χ4v) is 2.46. The van der Waals surface area contributed by atoms with E-state index in [1.54, 1.807) is 0 Å². The number of benzene rings is 2. The van der Waals surface area contributed by atoms with Gasteiger partial charge in [-0.05, 0) is 51.5 Å². The van der Waals surface area contributed by atoms with Crippen LogP contribution in [-0.4, -0.2) is 23.9 Å². The molecular formula is C21H27N3O2. The third-order valence-corrected chi connectivity index (χ3v) is 4.42.